The molecule has 0 spiro atoms. The zero-order valence-electron chi connectivity index (χ0n) is 13.6. The third kappa shape index (κ3) is 4.51. The van der Waals surface area contributed by atoms with Crippen molar-refractivity contribution in [2.24, 2.45) is 0 Å². The number of carbonyl (C=O) groups excluding carboxylic acids is 2. The van der Waals surface area contributed by atoms with Crippen LogP contribution in [0.15, 0.2) is 48.5 Å². The van der Waals surface area contributed by atoms with Crippen molar-refractivity contribution < 1.29 is 19.1 Å². The van der Waals surface area contributed by atoms with Crippen LogP contribution in [-0.2, 0) is 9.53 Å². The summed E-state index contributed by atoms with van der Waals surface area (Å²) in [5, 5.41) is 0.586. The molecule has 25 heavy (non-hydrogen) atoms. The Bertz CT molecular complexity index is 778. The minimum Gasteiger partial charge on any atom is -0.490 e. The van der Waals surface area contributed by atoms with E-state index in [4.69, 9.17) is 21.1 Å². The number of halogens is 1. The van der Waals surface area contributed by atoms with Gasteiger partial charge in [-0.2, -0.15) is 0 Å². The zero-order valence-corrected chi connectivity index (χ0v) is 14.4. The number of esters is 1. The van der Waals surface area contributed by atoms with Crippen LogP contribution >= 0.6 is 11.6 Å². The molecule has 0 atom stereocenters. The van der Waals surface area contributed by atoms with Crippen LogP contribution in [0.2, 0.25) is 5.02 Å². The van der Waals surface area contributed by atoms with Crippen LogP contribution in [0.25, 0.3) is 0 Å². The fraction of sp³-hybridized carbons (Fsp3) is 0.263. The van der Waals surface area contributed by atoms with Gasteiger partial charge in [-0.15, -0.1) is 0 Å². The summed E-state index contributed by atoms with van der Waals surface area (Å²) in [6.07, 6.45) is 1.39. The van der Waals surface area contributed by atoms with Crippen LogP contribution in [0, 0.1) is 0 Å². The largest absolute Gasteiger partial charge is 0.490 e. The van der Waals surface area contributed by atoms with Gasteiger partial charge in [-0.25, -0.2) is 4.79 Å². The second-order valence-electron chi connectivity index (χ2n) is 5.64. The number of hydrogen-bond donors (Lipinski definition) is 0. The van der Waals surface area contributed by atoms with Crippen LogP contribution in [-0.4, -0.2) is 31.6 Å². The number of rotatable bonds is 6. The molecule has 6 heteroatoms. The van der Waals surface area contributed by atoms with Crippen molar-refractivity contribution in [1.82, 2.24) is 0 Å². The molecule has 2 aromatic carbocycles. The molecular formula is C19H18ClNO4. The molecule has 0 saturated carbocycles. The first-order valence-corrected chi connectivity index (χ1v) is 8.47. The summed E-state index contributed by atoms with van der Waals surface area (Å²) in [6.45, 7) is 1.04. The highest BCUT2D eigenvalue weighted by Crippen LogP contribution is 2.22. The summed E-state index contributed by atoms with van der Waals surface area (Å²) in [7, 11) is 0. The van der Waals surface area contributed by atoms with E-state index in [1.165, 1.54) is 0 Å². The van der Waals surface area contributed by atoms with Crippen molar-refractivity contribution in [1.29, 1.82) is 0 Å². The predicted octanol–water partition coefficient (Wildman–Crippen LogP) is 3.70. The van der Waals surface area contributed by atoms with E-state index in [2.05, 4.69) is 0 Å². The molecule has 0 N–H and O–H groups in total. The van der Waals surface area contributed by atoms with Crippen molar-refractivity contribution >= 4 is 29.2 Å². The Morgan fingerprint density at radius 3 is 2.72 bits per heavy atom. The lowest BCUT2D eigenvalue weighted by Gasteiger charge is -2.16. The summed E-state index contributed by atoms with van der Waals surface area (Å²) in [4.78, 5) is 25.7. The molecule has 1 heterocycles. The number of ether oxygens (including phenoxy) is 2. The lowest BCUT2D eigenvalue weighted by atomic mass is 10.2. The van der Waals surface area contributed by atoms with Crippen molar-refractivity contribution in [2.45, 2.75) is 12.8 Å². The number of anilines is 1. The Labute approximate surface area is 151 Å². The van der Waals surface area contributed by atoms with Gasteiger partial charge in [0, 0.05) is 23.7 Å². The molecule has 1 amide bonds. The Kier molecular flexibility index (Phi) is 5.56. The maximum atomic E-state index is 12.2. The predicted molar refractivity (Wildman–Crippen MR) is 95.3 cm³/mol. The van der Waals surface area contributed by atoms with Gasteiger partial charge < -0.3 is 14.4 Å². The summed E-state index contributed by atoms with van der Waals surface area (Å²) < 4.78 is 10.7. The molecule has 3 rings (SSSR count). The van der Waals surface area contributed by atoms with Gasteiger partial charge in [-0.3, -0.25) is 4.79 Å². The minimum absolute atomic E-state index is 0.0837. The normalized spacial score (nSPS) is 13.8. The smallest absolute Gasteiger partial charge is 0.338 e. The van der Waals surface area contributed by atoms with Crippen molar-refractivity contribution in [3.8, 4) is 5.75 Å². The average molecular weight is 360 g/mol. The van der Waals surface area contributed by atoms with Crippen LogP contribution in [0.3, 0.4) is 0 Å². The maximum Gasteiger partial charge on any atom is 0.338 e. The van der Waals surface area contributed by atoms with Crippen LogP contribution in [0.4, 0.5) is 5.69 Å². The molecular weight excluding hydrogens is 342 g/mol. The molecule has 0 bridgehead atoms. The first-order valence-electron chi connectivity index (χ1n) is 8.09. The molecule has 0 unspecified atom stereocenters. The van der Waals surface area contributed by atoms with Crippen LogP contribution < -0.4 is 9.64 Å². The molecule has 1 saturated heterocycles. The molecule has 0 radical (unpaired) electrons. The van der Waals surface area contributed by atoms with E-state index in [1.54, 1.807) is 47.4 Å². The fourth-order valence-corrected chi connectivity index (χ4v) is 2.84. The van der Waals surface area contributed by atoms with Crippen LogP contribution in [0.1, 0.15) is 23.2 Å². The van der Waals surface area contributed by atoms with E-state index in [-0.39, 0.29) is 19.1 Å². The highest BCUT2D eigenvalue weighted by Gasteiger charge is 2.22. The van der Waals surface area contributed by atoms with Crippen molar-refractivity contribution in [3.63, 3.8) is 0 Å². The molecule has 130 valence electrons. The number of nitrogens with zero attached hydrogens (tertiary/aromatic N) is 1. The van der Waals surface area contributed by atoms with Gasteiger partial charge in [0.2, 0.25) is 5.91 Å². The SMILES string of the molecule is O=C(OCCOc1cccc(Cl)c1)c1cccc(N2CCCC2=O)c1. The summed E-state index contributed by atoms with van der Waals surface area (Å²) in [5.74, 6) is 0.265. The van der Waals surface area contributed by atoms with E-state index in [0.29, 0.717) is 29.3 Å². The van der Waals surface area contributed by atoms with E-state index >= 15 is 0 Å². The topological polar surface area (TPSA) is 55.8 Å². The highest BCUT2D eigenvalue weighted by molar-refractivity contribution is 6.30. The standard InChI is InChI=1S/C19H18ClNO4/c20-15-5-2-7-17(13-15)24-10-11-25-19(23)14-4-1-6-16(12-14)21-9-3-8-18(21)22/h1-2,4-7,12-13H,3,8-11H2. The lowest BCUT2D eigenvalue weighted by Crippen LogP contribution is -2.24. The summed E-state index contributed by atoms with van der Waals surface area (Å²) in [5.41, 5.74) is 1.15. The number of benzene rings is 2. The average Bonchev–Trinajstić information content (AvgIpc) is 3.05. The number of amides is 1. The van der Waals surface area contributed by atoms with Gasteiger partial charge in [-0.1, -0.05) is 23.7 Å². The molecule has 1 aliphatic heterocycles. The van der Waals surface area contributed by atoms with E-state index < -0.39 is 5.97 Å². The molecule has 0 aliphatic carbocycles. The molecule has 1 aliphatic rings. The zero-order chi connectivity index (χ0) is 17.6. The summed E-state index contributed by atoms with van der Waals surface area (Å²) in [6, 6.07) is 13.9. The van der Waals surface area contributed by atoms with Crippen LogP contribution in [0.5, 0.6) is 5.75 Å². The van der Waals surface area contributed by atoms with Gasteiger partial charge in [0.05, 0.1) is 5.56 Å². The van der Waals surface area contributed by atoms with E-state index in [0.717, 1.165) is 12.1 Å². The summed E-state index contributed by atoms with van der Waals surface area (Å²) >= 11 is 5.87. The van der Waals surface area contributed by atoms with Crippen molar-refractivity contribution in [3.05, 3.63) is 59.1 Å². The Morgan fingerprint density at radius 2 is 1.96 bits per heavy atom. The molecule has 5 nitrogen and oxygen atoms in total. The highest BCUT2D eigenvalue weighted by atomic mass is 35.5. The maximum absolute atomic E-state index is 12.2. The first kappa shape index (κ1) is 17.3. The van der Waals surface area contributed by atoms with Gasteiger partial charge in [0.15, 0.2) is 0 Å². The Balaban J connectivity index is 1.52. The lowest BCUT2D eigenvalue weighted by molar-refractivity contribution is -0.117. The van der Waals surface area contributed by atoms with Gasteiger partial charge in [-0.05, 0) is 42.8 Å². The van der Waals surface area contributed by atoms with Gasteiger partial charge in [0.1, 0.15) is 19.0 Å². The van der Waals surface area contributed by atoms with Gasteiger partial charge in [0.25, 0.3) is 0 Å². The number of carbonyl (C=O) groups is 2. The monoisotopic (exact) mass is 359 g/mol. The number of hydrogen-bond acceptors (Lipinski definition) is 4. The Morgan fingerprint density at radius 1 is 1.12 bits per heavy atom. The molecule has 0 aromatic heterocycles. The fourth-order valence-electron chi connectivity index (χ4n) is 2.66. The van der Waals surface area contributed by atoms with E-state index in [1.807, 2.05) is 6.07 Å². The second kappa shape index (κ2) is 8.03. The molecule has 2 aromatic rings. The quantitative estimate of drug-likeness (QED) is 0.583. The second-order valence-corrected chi connectivity index (χ2v) is 6.08. The van der Waals surface area contributed by atoms with E-state index in [9.17, 15) is 9.59 Å². The molecule has 1 fully saturated rings. The third-order valence-electron chi connectivity index (χ3n) is 3.85. The first-order chi connectivity index (χ1) is 12.1. The van der Waals surface area contributed by atoms with Crippen molar-refractivity contribution in [2.75, 3.05) is 24.7 Å². The minimum atomic E-state index is -0.441. The van der Waals surface area contributed by atoms with Gasteiger partial charge >= 0.3 is 5.97 Å². The Hall–Kier alpha value is -2.53. The third-order valence-corrected chi connectivity index (χ3v) is 4.08.